The monoisotopic (exact) mass is 303 g/mol. The van der Waals surface area contributed by atoms with Gasteiger partial charge in [-0.1, -0.05) is 6.07 Å². The summed E-state index contributed by atoms with van der Waals surface area (Å²) in [6.07, 6.45) is -4.60. The lowest BCUT2D eigenvalue weighted by Crippen LogP contribution is -2.09. The van der Waals surface area contributed by atoms with Gasteiger partial charge in [-0.15, -0.1) is 0 Å². The SMILES string of the molecule is CNc1cc(C(F)(F)F)cc(Nc2c(F)cccc2F)n1. The topological polar surface area (TPSA) is 37.0 Å². The second-order valence-electron chi connectivity index (χ2n) is 4.10. The minimum Gasteiger partial charge on any atom is -0.373 e. The van der Waals surface area contributed by atoms with Gasteiger partial charge in [-0.3, -0.25) is 0 Å². The maximum absolute atomic E-state index is 13.5. The van der Waals surface area contributed by atoms with Crippen molar-refractivity contribution in [2.45, 2.75) is 6.18 Å². The van der Waals surface area contributed by atoms with Gasteiger partial charge in [0.1, 0.15) is 29.0 Å². The van der Waals surface area contributed by atoms with Gasteiger partial charge in [-0.05, 0) is 24.3 Å². The molecule has 112 valence electrons. The molecule has 1 aromatic carbocycles. The van der Waals surface area contributed by atoms with Gasteiger partial charge in [0.05, 0.1) is 5.56 Å². The molecule has 1 aromatic heterocycles. The van der Waals surface area contributed by atoms with Crippen molar-refractivity contribution in [3.05, 3.63) is 47.5 Å². The van der Waals surface area contributed by atoms with E-state index >= 15 is 0 Å². The second kappa shape index (κ2) is 5.55. The Morgan fingerprint density at radius 3 is 2.10 bits per heavy atom. The summed E-state index contributed by atoms with van der Waals surface area (Å²) in [7, 11) is 1.38. The van der Waals surface area contributed by atoms with Crippen molar-refractivity contribution in [1.82, 2.24) is 4.98 Å². The average molecular weight is 303 g/mol. The van der Waals surface area contributed by atoms with Crippen LogP contribution in [0.5, 0.6) is 0 Å². The molecule has 0 spiro atoms. The zero-order chi connectivity index (χ0) is 15.6. The van der Waals surface area contributed by atoms with E-state index in [0.717, 1.165) is 24.3 Å². The Morgan fingerprint density at radius 1 is 1.00 bits per heavy atom. The molecule has 0 amide bonds. The number of aromatic nitrogens is 1. The van der Waals surface area contributed by atoms with Crippen molar-refractivity contribution in [3.63, 3.8) is 0 Å². The van der Waals surface area contributed by atoms with Crippen LogP contribution in [0.25, 0.3) is 0 Å². The Hall–Kier alpha value is -2.38. The molecule has 0 unspecified atom stereocenters. The number of halogens is 5. The summed E-state index contributed by atoms with van der Waals surface area (Å²) >= 11 is 0. The number of para-hydroxylation sites is 1. The van der Waals surface area contributed by atoms with Gasteiger partial charge in [-0.25, -0.2) is 13.8 Å². The molecule has 0 radical (unpaired) electrons. The van der Waals surface area contributed by atoms with E-state index in [1.165, 1.54) is 7.05 Å². The van der Waals surface area contributed by atoms with Crippen LogP contribution < -0.4 is 10.6 Å². The van der Waals surface area contributed by atoms with Crippen molar-refractivity contribution in [2.75, 3.05) is 17.7 Å². The van der Waals surface area contributed by atoms with Crippen LogP contribution in [0.4, 0.5) is 39.3 Å². The molecule has 8 heteroatoms. The summed E-state index contributed by atoms with van der Waals surface area (Å²) in [5.41, 5.74) is -1.55. The molecule has 2 aromatic rings. The van der Waals surface area contributed by atoms with Crippen LogP contribution in [-0.4, -0.2) is 12.0 Å². The first-order chi connectivity index (χ1) is 9.81. The molecule has 0 bridgehead atoms. The Kier molecular flexibility index (Phi) is 3.97. The number of nitrogens with zero attached hydrogens (tertiary/aromatic N) is 1. The minimum atomic E-state index is -4.60. The highest BCUT2D eigenvalue weighted by Gasteiger charge is 2.31. The van der Waals surface area contributed by atoms with E-state index in [0.29, 0.717) is 6.07 Å². The van der Waals surface area contributed by atoms with E-state index in [4.69, 9.17) is 0 Å². The summed E-state index contributed by atoms with van der Waals surface area (Å²) in [5, 5.41) is 4.68. The quantitative estimate of drug-likeness (QED) is 0.836. The molecular formula is C13H10F5N3. The molecular weight excluding hydrogens is 293 g/mol. The second-order valence-corrected chi connectivity index (χ2v) is 4.10. The van der Waals surface area contributed by atoms with E-state index in [-0.39, 0.29) is 11.6 Å². The van der Waals surface area contributed by atoms with Crippen LogP contribution in [0.1, 0.15) is 5.56 Å². The first kappa shape index (κ1) is 15.0. The molecule has 21 heavy (non-hydrogen) atoms. The normalized spacial score (nSPS) is 11.3. The first-order valence-corrected chi connectivity index (χ1v) is 5.79. The minimum absolute atomic E-state index is 0.0796. The zero-order valence-electron chi connectivity index (χ0n) is 10.7. The lowest BCUT2D eigenvalue weighted by Gasteiger charge is -2.13. The number of nitrogens with one attached hydrogen (secondary N) is 2. The van der Waals surface area contributed by atoms with Gasteiger partial charge in [0.15, 0.2) is 0 Å². The van der Waals surface area contributed by atoms with Crippen LogP contribution in [0.15, 0.2) is 30.3 Å². The molecule has 2 rings (SSSR count). The van der Waals surface area contributed by atoms with Crippen molar-refractivity contribution in [2.24, 2.45) is 0 Å². The molecule has 0 saturated carbocycles. The van der Waals surface area contributed by atoms with Crippen molar-refractivity contribution in [1.29, 1.82) is 0 Å². The number of hydrogen-bond acceptors (Lipinski definition) is 3. The third-order valence-corrected chi connectivity index (χ3v) is 2.62. The average Bonchev–Trinajstić information content (AvgIpc) is 2.42. The number of pyridine rings is 1. The predicted molar refractivity (Wildman–Crippen MR) is 68.4 cm³/mol. The highest BCUT2D eigenvalue weighted by atomic mass is 19.4. The van der Waals surface area contributed by atoms with Gasteiger partial charge in [0.2, 0.25) is 0 Å². The van der Waals surface area contributed by atoms with Crippen molar-refractivity contribution >= 4 is 17.3 Å². The van der Waals surface area contributed by atoms with Crippen molar-refractivity contribution < 1.29 is 22.0 Å². The largest absolute Gasteiger partial charge is 0.416 e. The molecule has 2 N–H and O–H groups in total. The molecule has 0 fully saturated rings. The number of anilines is 3. The van der Waals surface area contributed by atoms with E-state index in [9.17, 15) is 22.0 Å². The van der Waals surface area contributed by atoms with Gasteiger partial charge in [0, 0.05) is 7.05 Å². The summed E-state index contributed by atoms with van der Waals surface area (Å²) < 4.78 is 65.2. The molecule has 0 aliphatic rings. The number of benzene rings is 1. The highest BCUT2D eigenvalue weighted by Crippen LogP contribution is 2.33. The smallest absolute Gasteiger partial charge is 0.373 e. The van der Waals surface area contributed by atoms with E-state index in [2.05, 4.69) is 15.6 Å². The van der Waals surface area contributed by atoms with E-state index < -0.39 is 29.1 Å². The number of alkyl halides is 3. The van der Waals surface area contributed by atoms with Gasteiger partial charge < -0.3 is 10.6 Å². The van der Waals surface area contributed by atoms with Crippen LogP contribution in [0, 0.1) is 11.6 Å². The fourth-order valence-electron chi connectivity index (χ4n) is 1.63. The predicted octanol–water partition coefficient (Wildman–Crippen LogP) is 4.16. The summed E-state index contributed by atoms with van der Waals surface area (Å²) in [6, 6.07) is 4.58. The molecule has 0 aliphatic carbocycles. The Morgan fingerprint density at radius 2 is 1.57 bits per heavy atom. The van der Waals surface area contributed by atoms with Crippen LogP contribution in [-0.2, 0) is 6.18 Å². The number of hydrogen-bond donors (Lipinski definition) is 2. The fraction of sp³-hybridized carbons (Fsp3) is 0.154. The molecule has 1 heterocycles. The molecule has 0 atom stereocenters. The molecule has 0 saturated heterocycles. The lowest BCUT2D eigenvalue weighted by molar-refractivity contribution is -0.137. The fourth-order valence-corrected chi connectivity index (χ4v) is 1.63. The van der Waals surface area contributed by atoms with Crippen molar-refractivity contribution in [3.8, 4) is 0 Å². The Bertz CT molecular complexity index is 634. The maximum atomic E-state index is 13.5. The highest BCUT2D eigenvalue weighted by molar-refractivity contribution is 5.60. The van der Waals surface area contributed by atoms with Gasteiger partial charge in [-0.2, -0.15) is 13.2 Å². The Labute approximate surface area is 116 Å². The summed E-state index contributed by atoms with van der Waals surface area (Å²) in [6.45, 7) is 0. The number of rotatable bonds is 3. The summed E-state index contributed by atoms with van der Waals surface area (Å²) in [5.74, 6) is -2.26. The van der Waals surface area contributed by atoms with E-state index in [1.54, 1.807) is 0 Å². The van der Waals surface area contributed by atoms with Gasteiger partial charge >= 0.3 is 6.18 Å². The third-order valence-electron chi connectivity index (χ3n) is 2.62. The maximum Gasteiger partial charge on any atom is 0.416 e. The zero-order valence-corrected chi connectivity index (χ0v) is 10.7. The first-order valence-electron chi connectivity index (χ1n) is 5.79. The lowest BCUT2D eigenvalue weighted by atomic mass is 10.2. The van der Waals surface area contributed by atoms with Crippen LogP contribution >= 0.6 is 0 Å². The van der Waals surface area contributed by atoms with Gasteiger partial charge in [0.25, 0.3) is 0 Å². The third kappa shape index (κ3) is 3.39. The molecule has 3 nitrogen and oxygen atoms in total. The Balaban J connectivity index is 2.45. The standard InChI is InChI=1S/C13H10F5N3/c1-19-10-5-7(13(16,17)18)6-11(20-10)21-12-8(14)3-2-4-9(12)15/h2-6H,1H3,(H2,19,20,21). The summed E-state index contributed by atoms with van der Waals surface area (Å²) in [4.78, 5) is 3.79. The van der Waals surface area contributed by atoms with E-state index in [1.807, 2.05) is 0 Å². The molecule has 0 aliphatic heterocycles. The van der Waals surface area contributed by atoms with Crippen LogP contribution in [0.2, 0.25) is 0 Å². The van der Waals surface area contributed by atoms with Crippen LogP contribution in [0.3, 0.4) is 0 Å².